The highest BCUT2D eigenvalue weighted by Gasteiger charge is 2.27. The van der Waals surface area contributed by atoms with Crippen LogP contribution in [-0.2, 0) is 25.7 Å². The molecule has 1 aliphatic heterocycles. The summed E-state index contributed by atoms with van der Waals surface area (Å²) in [5, 5.41) is 0. The average molecular weight is 399 g/mol. The van der Waals surface area contributed by atoms with Crippen molar-refractivity contribution >= 4 is 17.6 Å². The smallest absolute Gasteiger partial charge is 0.355 e. The van der Waals surface area contributed by atoms with Gasteiger partial charge in [-0.25, -0.2) is 14.0 Å². The molecule has 0 radical (unpaired) electrons. The zero-order chi connectivity index (χ0) is 20.8. The number of hydrogen-bond acceptors (Lipinski definition) is 7. The molecule has 0 atom stereocenters. The van der Waals surface area contributed by atoms with Gasteiger partial charge in [0.05, 0.1) is 26.1 Å². The maximum atomic E-state index is 14.6. The lowest BCUT2D eigenvalue weighted by Crippen LogP contribution is -2.27. The monoisotopic (exact) mass is 399 g/mol. The number of anilines is 1. The summed E-state index contributed by atoms with van der Waals surface area (Å²) in [6, 6.07) is 7.58. The van der Waals surface area contributed by atoms with Crippen molar-refractivity contribution in [2.75, 3.05) is 19.1 Å². The van der Waals surface area contributed by atoms with Crippen LogP contribution < -0.4 is 9.64 Å². The summed E-state index contributed by atoms with van der Waals surface area (Å²) in [7, 11) is 2.39. The molecule has 1 aromatic carbocycles. The van der Waals surface area contributed by atoms with Crippen molar-refractivity contribution in [1.82, 2.24) is 0 Å². The zero-order valence-electron chi connectivity index (χ0n) is 15.8. The summed E-state index contributed by atoms with van der Waals surface area (Å²) in [5.74, 6) is -1.59. The molecular formula is C21H18FNO6. The number of benzene rings is 1. The van der Waals surface area contributed by atoms with Crippen molar-refractivity contribution in [2.45, 2.75) is 6.61 Å². The molecule has 0 spiro atoms. The minimum atomic E-state index is -0.778. The molecule has 0 amide bonds. The molecule has 29 heavy (non-hydrogen) atoms. The van der Waals surface area contributed by atoms with Gasteiger partial charge in [-0.2, -0.15) is 0 Å². The number of carbonyl (C=O) groups is 2. The Hall–Kier alpha value is -3.81. The number of nitrogens with zero attached hydrogens (tertiary/aromatic N) is 1. The summed E-state index contributed by atoms with van der Waals surface area (Å²) in [4.78, 5) is 25.9. The Morgan fingerprint density at radius 1 is 1.10 bits per heavy atom. The van der Waals surface area contributed by atoms with Gasteiger partial charge in [0.25, 0.3) is 0 Å². The number of furan rings is 1. The fraction of sp³-hybridized carbons (Fsp3) is 0.143. The van der Waals surface area contributed by atoms with Crippen LogP contribution in [0.2, 0.25) is 0 Å². The van der Waals surface area contributed by atoms with Gasteiger partial charge in [0.2, 0.25) is 0 Å². The van der Waals surface area contributed by atoms with E-state index in [9.17, 15) is 14.0 Å². The fourth-order valence-electron chi connectivity index (χ4n) is 2.67. The highest BCUT2D eigenvalue weighted by molar-refractivity contribution is 6.05. The van der Waals surface area contributed by atoms with Gasteiger partial charge in [0.15, 0.2) is 11.6 Å². The van der Waals surface area contributed by atoms with Crippen LogP contribution in [0.25, 0.3) is 0 Å². The molecule has 2 aromatic rings. The van der Waals surface area contributed by atoms with Crippen LogP contribution in [0.3, 0.4) is 0 Å². The SMILES string of the molecule is COC(=O)C1=C(C(=O)OC)N(c2ccc(OCc3ccco3)c(F)c2)C=CC=C1. The van der Waals surface area contributed by atoms with Gasteiger partial charge in [-0.1, -0.05) is 6.08 Å². The maximum absolute atomic E-state index is 14.6. The molecule has 2 heterocycles. The first kappa shape index (κ1) is 19.9. The Labute approximate surface area is 166 Å². The van der Waals surface area contributed by atoms with E-state index in [0.29, 0.717) is 5.76 Å². The fourth-order valence-corrected chi connectivity index (χ4v) is 2.67. The predicted octanol–water partition coefficient (Wildman–Crippen LogP) is 3.49. The standard InChI is InChI=1S/C21H18FNO6/c1-26-20(24)16-7-3-4-10-23(19(16)21(25)27-2)14-8-9-18(17(22)12-14)29-13-15-6-5-11-28-15/h3-12H,13H2,1-2H3. The minimum Gasteiger partial charge on any atom is -0.483 e. The van der Waals surface area contributed by atoms with Gasteiger partial charge < -0.3 is 23.5 Å². The molecule has 3 rings (SSSR count). The molecule has 0 unspecified atom stereocenters. The van der Waals surface area contributed by atoms with Crippen molar-refractivity contribution in [1.29, 1.82) is 0 Å². The van der Waals surface area contributed by atoms with Crippen LogP contribution in [0.5, 0.6) is 5.75 Å². The van der Waals surface area contributed by atoms with Crippen LogP contribution in [0.15, 0.2) is 76.7 Å². The molecule has 0 bridgehead atoms. The number of rotatable bonds is 6. The molecule has 8 heteroatoms. The second-order valence-electron chi connectivity index (χ2n) is 5.80. The van der Waals surface area contributed by atoms with Crippen molar-refractivity contribution in [2.24, 2.45) is 0 Å². The molecular weight excluding hydrogens is 381 g/mol. The lowest BCUT2D eigenvalue weighted by Gasteiger charge is -2.23. The van der Waals surface area contributed by atoms with E-state index in [-0.39, 0.29) is 29.3 Å². The Kier molecular flexibility index (Phi) is 6.13. The first-order valence-corrected chi connectivity index (χ1v) is 8.55. The van der Waals surface area contributed by atoms with E-state index in [4.69, 9.17) is 18.6 Å². The molecule has 1 aromatic heterocycles. The second-order valence-corrected chi connectivity index (χ2v) is 5.80. The third kappa shape index (κ3) is 4.37. The summed E-state index contributed by atoms with van der Waals surface area (Å²) >= 11 is 0. The Bertz CT molecular complexity index is 991. The number of esters is 2. The molecule has 0 aliphatic carbocycles. The molecule has 0 N–H and O–H groups in total. The van der Waals surface area contributed by atoms with E-state index in [1.807, 2.05) is 0 Å². The highest BCUT2D eigenvalue weighted by atomic mass is 19.1. The molecule has 150 valence electrons. The van der Waals surface area contributed by atoms with E-state index >= 15 is 0 Å². The number of allylic oxidation sites excluding steroid dienone is 2. The van der Waals surface area contributed by atoms with E-state index in [1.54, 1.807) is 30.4 Å². The Balaban J connectivity index is 1.95. The summed E-state index contributed by atoms with van der Waals surface area (Å²) in [6.07, 6.45) is 7.59. The van der Waals surface area contributed by atoms with Gasteiger partial charge in [-0.05, 0) is 36.4 Å². The van der Waals surface area contributed by atoms with Gasteiger partial charge in [0.1, 0.15) is 18.1 Å². The van der Waals surface area contributed by atoms with E-state index in [1.165, 1.54) is 49.8 Å². The topological polar surface area (TPSA) is 78.2 Å². The minimum absolute atomic E-state index is 0.0128. The quantitative estimate of drug-likeness (QED) is 0.688. The number of methoxy groups -OCH3 is 2. The zero-order valence-corrected chi connectivity index (χ0v) is 15.8. The summed E-state index contributed by atoms with van der Waals surface area (Å²) < 4.78 is 34.8. The molecule has 0 fully saturated rings. The third-order valence-corrected chi connectivity index (χ3v) is 4.03. The van der Waals surface area contributed by atoms with Gasteiger partial charge in [-0.15, -0.1) is 0 Å². The lowest BCUT2D eigenvalue weighted by molar-refractivity contribution is -0.139. The van der Waals surface area contributed by atoms with Gasteiger partial charge >= 0.3 is 11.9 Å². The molecule has 0 saturated carbocycles. The average Bonchev–Trinajstić information content (AvgIpc) is 3.16. The van der Waals surface area contributed by atoms with Crippen LogP contribution in [0, 0.1) is 5.82 Å². The number of hydrogen-bond donors (Lipinski definition) is 0. The van der Waals surface area contributed by atoms with Crippen molar-refractivity contribution in [3.05, 3.63) is 83.9 Å². The van der Waals surface area contributed by atoms with Crippen LogP contribution in [-0.4, -0.2) is 26.2 Å². The van der Waals surface area contributed by atoms with Crippen molar-refractivity contribution < 1.29 is 32.6 Å². The molecule has 0 saturated heterocycles. The van der Waals surface area contributed by atoms with E-state index in [2.05, 4.69) is 0 Å². The van der Waals surface area contributed by atoms with Crippen molar-refractivity contribution in [3.8, 4) is 5.75 Å². The molecule has 7 nitrogen and oxygen atoms in total. The first-order valence-electron chi connectivity index (χ1n) is 8.55. The summed E-state index contributed by atoms with van der Waals surface area (Å²) in [5.41, 5.74) is 0.158. The normalized spacial score (nSPS) is 13.3. The number of halogens is 1. The second kappa shape index (κ2) is 8.92. The maximum Gasteiger partial charge on any atom is 0.355 e. The van der Waals surface area contributed by atoms with Gasteiger partial charge in [-0.3, -0.25) is 0 Å². The largest absolute Gasteiger partial charge is 0.483 e. The summed E-state index contributed by atoms with van der Waals surface area (Å²) in [6.45, 7) is 0.0661. The van der Waals surface area contributed by atoms with E-state index < -0.39 is 17.8 Å². The Morgan fingerprint density at radius 3 is 2.55 bits per heavy atom. The third-order valence-electron chi connectivity index (χ3n) is 4.03. The highest BCUT2D eigenvalue weighted by Crippen LogP contribution is 2.30. The number of ether oxygens (including phenoxy) is 3. The first-order chi connectivity index (χ1) is 14.0. The van der Waals surface area contributed by atoms with Crippen LogP contribution in [0.4, 0.5) is 10.1 Å². The van der Waals surface area contributed by atoms with E-state index in [0.717, 1.165) is 0 Å². The lowest BCUT2D eigenvalue weighted by atomic mass is 10.1. The predicted molar refractivity (Wildman–Crippen MR) is 101 cm³/mol. The molecule has 1 aliphatic rings. The van der Waals surface area contributed by atoms with Crippen molar-refractivity contribution in [3.63, 3.8) is 0 Å². The van der Waals surface area contributed by atoms with Gasteiger partial charge in [0, 0.05) is 18.0 Å². The van der Waals surface area contributed by atoms with Crippen LogP contribution >= 0.6 is 0 Å². The van der Waals surface area contributed by atoms with Crippen LogP contribution in [0.1, 0.15) is 5.76 Å². The Morgan fingerprint density at radius 2 is 1.90 bits per heavy atom. The number of carbonyl (C=O) groups excluding carboxylic acids is 2.